The van der Waals surface area contributed by atoms with Crippen LogP contribution in [0.15, 0.2) is 24.3 Å². The Kier molecular flexibility index (Phi) is 9.72. The number of rotatable bonds is 4. The second-order valence-corrected chi connectivity index (χ2v) is 6.82. The van der Waals surface area contributed by atoms with Crippen molar-refractivity contribution in [2.75, 3.05) is 39.8 Å². The molecule has 2 atom stereocenters. The molecule has 1 aromatic carbocycles. The zero-order chi connectivity index (χ0) is 16.9. The third-order valence-corrected chi connectivity index (χ3v) is 5.36. The van der Waals surface area contributed by atoms with Gasteiger partial charge in [-0.25, -0.2) is 0 Å². The highest BCUT2D eigenvalue weighted by molar-refractivity contribution is 5.85. The molecular formula is C19H31Cl2N3O2. The van der Waals surface area contributed by atoms with Crippen LogP contribution < -0.4 is 10.1 Å². The van der Waals surface area contributed by atoms with Crippen molar-refractivity contribution in [3.05, 3.63) is 29.8 Å². The van der Waals surface area contributed by atoms with Crippen LogP contribution in [0.5, 0.6) is 5.75 Å². The fourth-order valence-corrected chi connectivity index (χ4v) is 3.72. The van der Waals surface area contributed by atoms with Gasteiger partial charge in [0.1, 0.15) is 5.75 Å². The fraction of sp³-hybridized carbons (Fsp3) is 0.632. The molecule has 148 valence electrons. The zero-order valence-corrected chi connectivity index (χ0v) is 17.3. The lowest BCUT2D eigenvalue weighted by Gasteiger charge is -2.40. The summed E-state index contributed by atoms with van der Waals surface area (Å²) in [5, 5.41) is 3.37. The number of amides is 1. The topological polar surface area (TPSA) is 44.8 Å². The van der Waals surface area contributed by atoms with E-state index >= 15 is 0 Å². The van der Waals surface area contributed by atoms with Crippen LogP contribution in [0.3, 0.4) is 0 Å². The van der Waals surface area contributed by atoms with Crippen molar-refractivity contribution >= 4 is 30.7 Å². The quantitative estimate of drug-likeness (QED) is 0.839. The highest BCUT2D eigenvalue weighted by Gasteiger charge is 2.29. The summed E-state index contributed by atoms with van der Waals surface area (Å²) in [5.41, 5.74) is 1.27. The average Bonchev–Trinajstić information content (AvgIpc) is 2.67. The van der Waals surface area contributed by atoms with E-state index in [2.05, 4.69) is 29.3 Å². The van der Waals surface area contributed by atoms with Crippen molar-refractivity contribution in [1.82, 2.24) is 15.1 Å². The summed E-state index contributed by atoms with van der Waals surface area (Å²) >= 11 is 0. The molecule has 1 amide bonds. The number of hydrogen-bond donors (Lipinski definition) is 1. The van der Waals surface area contributed by atoms with E-state index in [4.69, 9.17) is 4.74 Å². The summed E-state index contributed by atoms with van der Waals surface area (Å²) in [6.07, 6.45) is 3.34. The maximum Gasteiger partial charge on any atom is 0.239 e. The minimum Gasteiger partial charge on any atom is -0.497 e. The van der Waals surface area contributed by atoms with Crippen LogP contribution in [0.1, 0.15) is 37.8 Å². The molecule has 0 saturated carbocycles. The van der Waals surface area contributed by atoms with Crippen molar-refractivity contribution in [2.24, 2.45) is 0 Å². The Morgan fingerprint density at radius 3 is 2.54 bits per heavy atom. The maximum atomic E-state index is 12.6. The largest absolute Gasteiger partial charge is 0.497 e. The molecule has 0 aliphatic carbocycles. The molecule has 7 heteroatoms. The molecule has 2 saturated heterocycles. The number of hydrogen-bond acceptors (Lipinski definition) is 4. The van der Waals surface area contributed by atoms with E-state index in [0.717, 1.165) is 51.3 Å². The predicted octanol–water partition coefficient (Wildman–Crippen LogP) is 2.89. The number of carbonyl (C=O) groups excluding carboxylic acids is 1. The summed E-state index contributed by atoms with van der Waals surface area (Å²) in [6.45, 7) is 6.71. The summed E-state index contributed by atoms with van der Waals surface area (Å²) in [7, 11) is 1.70. The molecule has 0 bridgehead atoms. The molecule has 0 radical (unpaired) electrons. The van der Waals surface area contributed by atoms with E-state index in [1.165, 1.54) is 12.0 Å². The van der Waals surface area contributed by atoms with E-state index in [-0.39, 0.29) is 30.9 Å². The molecule has 2 aliphatic rings. The second kappa shape index (κ2) is 11.0. The van der Waals surface area contributed by atoms with Crippen LogP contribution in [-0.2, 0) is 4.79 Å². The highest BCUT2D eigenvalue weighted by Crippen LogP contribution is 2.25. The smallest absolute Gasteiger partial charge is 0.239 e. The van der Waals surface area contributed by atoms with E-state index in [9.17, 15) is 4.79 Å². The number of piperidine rings is 1. The first-order chi connectivity index (χ1) is 11.7. The molecule has 2 fully saturated rings. The van der Waals surface area contributed by atoms with Gasteiger partial charge in [-0.05, 0) is 44.0 Å². The summed E-state index contributed by atoms with van der Waals surface area (Å²) in [5.74, 6) is 1.19. The summed E-state index contributed by atoms with van der Waals surface area (Å²) in [6, 6.07) is 8.65. The number of benzene rings is 1. The number of methoxy groups -OCH3 is 1. The number of halogens is 2. The lowest BCUT2D eigenvalue weighted by molar-refractivity contribution is -0.136. The molecule has 3 rings (SSSR count). The lowest BCUT2D eigenvalue weighted by Crippen LogP contribution is -2.55. The Balaban J connectivity index is 0.00000169. The fourth-order valence-electron chi connectivity index (χ4n) is 3.72. The number of carbonyl (C=O) groups is 1. The minimum atomic E-state index is 0. The Hall–Kier alpha value is -1.01. The lowest BCUT2D eigenvalue weighted by atomic mass is 10.0. The number of piperazine rings is 1. The van der Waals surface area contributed by atoms with Gasteiger partial charge < -0.3 is 15.0 Å². The van der Waals surface area contributed by atoms with Gasteiger partial charge in [0.25, 0.3) is 0 Å². The Bertz CT molecular complexity index is 559. The van der Waals surface area contributed by atoms with Crippen LogP contribution in [0, 0.1) is 0 Å². The molecule has 2 aliphatic heterocycles. The van der Waals surface area contributed by atoms with Gasteiger partial charge in [0.2, 0.25) is 5.91 Å². The Labute approximate surface area is 169 Å². The van der Waals surface area contributed by atoms with Gasteiger partial charge in [0.15, 0.2) is 0 Å². The third-order valence-electron chi connectivity index (χ3n) is 5.36. The third kappa shape index (κ3) is 5.49. The zero-order valence-electron chi connectivity index (χ0n) is 15.6. The van der Waals surface area contributed by atoms with Crippen molar-refractivity contribution in [3.8, 4) is 5.75 Å². The van der Waals surface area contributed by atoms with Crippen LogP contribution in [0.25, 0.3) is 0 Å². The van der Waals surface area contributed by atoms with E-state index in [1.807, 2.05) is 17.0 Å². The Morgan fingerprint density at radius 2 is 1.92 bits per heavy atom. The van der Waals surface area contributed by atoms with E-state index < -0.39 is 0 Å². The van der Waals surface area contributed by atoms with Gasteiger partial charge in [-0.1, -0.05) is 18.6 Å². The maximum absolute atomic E-state index is 12.6. The molecule has 0 aromatic heterocycles. The van der Waals surface area contributed by atoms with Gasteiger partial charge >= 0.3 is 0 Å². The number of nitrogens with zero attached hydrogens (tertiary/aromatic N) is 2. The number of nitrogens with one attached hydrogen (secondary N) is 1. The summed E-state index contributed by atoms with van der Waals surface area (Å²) < 4.78 is 5.33. The van der Waals surface area contributed by atoms with E-state index in [1.54, 1.807) is 7.11 Å². The van der Waals surface area contributed by atoms with Crippen molar-refractivity contribution in [2.45, 2.75) is 38.3 Å². The van der Waals surface area contributed by atoms with Gasteiger partial charge in [-0.15, -0.1) is 24.8 Å². The average molecular weight is 404 g/mol. The first kappa shape index (κ1) is 23.0. The summed E-state index contributed by atoms with van der Waals surface area (Å²) in [4.78, 5) is 17.1. The molecule has 0 spiro atoms. The molecule has 2 heterocycles. The molecule has 1 unspecified atom stereocenters. The molecule has 1 N–H and O–H groups in total. The minimum absolute atomic E-state index is 0. The van der Waals surface area contributed by atoms with Gasteiger partial charge in [-0.2, -0.15) is 0 Å². The van der Waals surface area contributed by atoms with Crippen molar-refractivity contribution in [3.63, 3.8) is 0 Å². The molecule has 26 heavy (non-hydrogen) atoms. The molecular weight excluding hydrogens is 373 g/mol. The van der Waals surface area contributed by atoms with Crippen molar-refractivity contribution < 1.29 is 9.53 Å². The first-order valence-corrected chi connectivity index (χ1v) is 9.09. The first-order valence-electron chi connectivity index (χ1n) is 9.09. The van der Waals surface area contributed by atoms with Gasteiger partial charge in [0.05, 0.1) is 13.2 Å². The Morgan fingerprint density at radius 1 is 1.19 bits per heavy atom. The van der Waals surface area contributed by atoms with Crippen LogP contribution in [0.4, 0.5) is 0 Å². The van der Waals surface area contributed by atoms with Gasteiger partial charge in [-0.3, -0.25) is 9.69 Å². The normalized spacial score (nSPS) is 21.9. The van der Waals surface area contributed by atoms with Crippen molar-refractivity contribution in [1.29, 1.82) is 0 Å². The second-order valence-electron chi connectivity index (χ2n) is 6.82. The van der Waals surface area contributed by atoms with E-state index in [0.29, 0.717) is 11.9 Å². The molecule has 5 nitrogen and oxygen atoms in total. The van der Waals surface area contributed by atoms with Crippen LogP contribution in [-0.4, -0.2) is 61.6 Å². The standard InChI is InChI=1S/C19H29N3O2.2ClH/c1-15(16-6-5-7-17(14-16)24-2)21-10-12-22(13-11-21)19(23)18-8-3-4-9-20-18;;/h5-7,14-15,18,20H,3-4,8-13H2,1-2H3;2*1H/t15?,18-;;/m1../s1. The predicted molar refractivity (Wildman–Crippen MR) is 110 cm³/mol. The van der Waals surface area contributed by atoms with Crippen LogP contribution >= 0.6 is 24.8 Å². The van der Waals surface area contributed by atoms with Crippen LogP contribution in [0.2, 0.25) is 0 Å². The number of ether oxygens (including phenoxy) is 1. The van der Waals surface area contributed by atoms with Gasteiger partial charge in [0, 0.05) is 32.2 Å². The highest BCUT2D eigenvalue weighted by atomic mass is 35.5. The molecule has 1 aromatic rings. The SMILES string of the molecule is COc1cccc(C(C)N2CCN(C(=O)[C@H]3CCCCN3)CC2)c1.Cl.Cl. The monoisotopic (exact) mass is 403 g/mol.